The van der Waals surface area contributed by atoms with Crippen LogP contribution in [0, 0.1) is 6.92 Å². The van der Waals surface area contributed by atoms with Crippen LogP contribution in [0.15, 0.2) is 45.5 Å². The molecule has 1 atom stereocenters. The van der Waals surface area contributed by atoms with Crippen LogP contribution in [-0.2, 0) is 4.79 Å². The molecule has 2 aromatic rings. The molecule has 0 saturated carbocycles. The number of nitrogens with one attached hydrogen (secondary N) is 2. The summed E-state index contributed by atoms with van der Waals surface area (Å²) in [5.41, 5.74) is 1.72. The highest BCUT2D eigenvalue weighted by Gasteiger charge is 2.22. The Morgan fingerprint density at radius 2 is 2.12 bits per heavy atom. The molecular weight excluding hydrogens is 392 g/mol. The third-order valence-electron chi connectivity index (χ3n) is 3.40. The van der Waals surface area contributed by atoms with E-state index < -0.39 is 11.9 Å². The standard InChI is InChI=1S/C17H19BrN2O3S/c1-11-10-12(5-6-13(11)18)19-16(21)14(7-9-24-2)20-17(22)15-4-3-8-23-15/h3-6,8,10,14H,7,9H2,1-2H3,(H,19,21)(H,20,22). The lowest BCUT2D eigenvalue weighted by Crippen LogP contribution is -2.44. The van der Waals surface area contributed by atoms with Crippen LogP contribution in [0.25, 0.3) is 0 Å². The van der Waals surface area contributed by atoms with E-state index in [9.17, 15) is 9.59 Å². The Labute approximate surface area is 153 Å². The monoisotopic (exact) mass is 410 g/mol. The number of hydrogen-bond donors (Lipinski definition) is 2. The maximum absolute atomic E-state index is 12.5. The Morgan fingerprint density at radius 3 is 2.75 bits per heavy atom. The maximum Gasteiger partial charge on any atom is 0.287 e. The zero-order valence-corrected chi connectivity index (χ0v) is 15.9. The lowest BCUT2D eigenvalue weighted by molar-refractivity contribution is -0.118. The van der Waals surface area contributed by atoms with Crippen molar-refractivity contribution in [3.8, 4) is 0 Å². The topological polar surface area (TPSA) is 71.3 Å². The van der Waals surface area contributed by atoms with Crippen LogP contribution in [0.4, 0.5) is 5.69 Å². The Hall–Kier alpha value is -1.73. The first-order chi connectivity index (χ1) is 11.5. The molecular formula is C17H19BrN2O3S. The Bertz CT molecular complexity index is 704. The second kappa shape index (κ2) is 8.94. The summed E-state index contributed by atoms with van der Waals surface area (Å²) in [5, 5.41) is 5.59. The smallest absolute Gasteiger partial charge is 0.287 e. The first-order valence-corrected chi connectivity index (χ1v) is 9.60. The summed E-state index contributed by atoms with van der Waals surface area (Å²) in [6.45, 7) is 1.95. The SMILES string of the molecule is CSCCC(NC(=O)c1ccco1)C(=O)Nc1ccc(Br)c(C)c1. The van der Waals surface area contributed by atoms with Gasteiger partial charge in [0.2, 0.25) is 5.91 Å². The van der Waals surface area contributed by atoms with E-state index in [1.165, 1.54) is 6.26 Å². The van der Waals surface area contributed by atoms with Crippen LogP contribution < -0.4 is 10.6 Å². The average Bonchev–Trinajstić information content (AvgIpc) is 3.09. The fraction of sp³-hybridized carbons (Fsp3) is 0.294. The molecule has 2 rings (SSSR count). The third-order valence-corrected chi connectivity index (χ3v) is 4.94. The fourth-order valence-corrected chi connectivity index (χ4v) is 2.81. The van der Waals surface area contributed by atoms with Gasteiger partial charge in [-0.2, -0.15) is 11.8 Å². The third kappa shape index (κ3) is 5.14. The summed E-state index contributed by atoms with van der Waals surface area (Å²) in [6, 6.07) is 8.15. The second-order valence-corrected chi connectivity index (χ2v) is 7.08. The van der Waals surface area contributed by atoms with E-state index in [1.807, 2.05) is 31.4 Å². The van der Waals surface area contributed by atoms with Gasteiger partial charge >= 0.3 is 0 Å². The summed E-state index contributed by atoms with van der Waals surface area (Å²) in [4.78, 5) is 24.7. The molecule has 1 heterocycles. The van der Waals surface area contributed by atoms with Crippen molar-refractivity contribution in [2.24, 2.45) is 0 Å². The number of amides is 2. The summed E-state index contributed by atoms with van der Waals surface area (Å²) < 4.78 is 6.05. The van der Waals surface area contributed by atoms with E-state index in [0.717, 1.165) is 15.8 Å². The van der Waals surface area contributed by atoms with Gasteiger partial charge in [-0.1, -0.05) is 15.9 Å². The zero-order chi connectivity index (χ0) is 17.5. The molecule has 0 aliphatic rings. The van der Waals surface area contributed by atoms with Gasteiger partial charge in [0.1, 0.15) is 6.04 Å². The van der Waals surface area contributed by atoms with Gasteiger partial charge in [0.25, 0.3) is 5.91 Å². The van der Waals surface area contributed by atoms with Crippen molar-refractivity contribution in [3.63, 3.8) is 0 Å². The van der Waals surface area contributed by atoms with Gasteiger partial charge in [-0.3, -0.25) is 9.59 Å². The molecule has 1 aromatic carbocycles. The largest absolute Gasteiger partial charge is 0.459 e. The molecule has 2 N–H and O–H groups in total. The minimum atomic E-state index is -0.626. The number of halogens is 1. The molecule has 0 saturated heterocycles. The fourth-order valence-electron chi connectivity index (χ4n) is 2.09. The molecule has 7 heteroatoms. The number of aryl methyl sites for hydroxylation is 1. The molecule has 24 heavy (non-hydrogen) atoms. The Kier molecular flexibility index (Phi) is 6.93. The molecule has 0 bridgehead atoms. The number of carbonyl (C=O) groups excluding carboxylic acids is 2. The van der Waals surface area contributed by atoms with Crippen LogP contribution in [0.2, 0.25) is 0 Å². The summed E-state index contributed by atoms with van der Waals surface area (Å²) in [5.74, 6) is 0.311. The number of rotatable bonds is 7. The molecule has 0 spiro atoms. The lowest BCUT2D eigenvalue weighted by Gasteiger charge is -2.18. The summed E-state index contributed by atoms with van der Waals surface area (Å²) in [6.07, 6.45) is 3.92. The lowest BCUT2D eigenvalue weighted by atomic mass is 10.1. The van der Waals surface area contributed by atoms with Crippen molar-refractivity contribution >= 4 is 45.2 Å². The highest BCUT2D eigenvalue weighted by molar-refractivity contribution is 9.10. The number of hydrogen-bond acceptors (Lipinski definition) is 4. The van der Waals surface area contributed by atoms with Gasteiger partial charge in [-0.25, -0.2) is 0 Å². The Morgan fingerprint density at radius 1 is 1.33 bits per heavy atom. The minimum absolute atomic E-state index is 0.191. The van der Waals surface area contributed by atoms with Crippen molar-refractivity contribution < 1.29 is 14.0 Å². The van der Waals surface area contributed by atoms with Crippen LogP contribution in [0.3, 0.4) is 0 Å². The van der Waals surface area contributed by atoms with Gasteiger partial charge < -0.3 is 15.1 Å². The first kappa shape index (κ1) is 18.6. The highest BCUT2D eigenvalue weighted by atomic mass is 79.9. The molecule has 0 aliphatic heterocycles. The molecule has 2 amide bonds. The maximum atomic E-state index is 12.5. The number of furan rings is 1. The van der Waals surface area contributed by atoms with Crippen molar-refractivity contribution in [1.29, 1.82) is 0 Å². The predicted molar refractivity (Wildman–Crippen MR) is 100 cm³/mol. The van der Waals surface area contributed by atoms with Crippen molar-refractivity contribution in [2.45, 2.75) is 19.4 Å². The highest BCUT2D eigenvalue weighted by Crippen LogP contribution is 2.20. The molecule has 0 radical (unpaired) electrons. The Balaban J connectivity index is 2.06. The second-order valence-electron chi connectivity index (χ2n) is 5.24. The summed E-state index contributed by atoms with van der Waals surface area (Å²) >= 11 is 5.05. The van der Waals surface area contributed by atoms with Crippen molar-refractivity contribution in [2.75, 3.05) is 17.3 Å². The molecule has 1 aromatic heterocycles. The number of carbonyl (C=O) groups is 2. The van der Waals surface area contributed by atoms with E-state index in [1.54, 1.807) is 23.9 Å². The number of thioether (sulfide) groups is 1. The van der Waals surface area contributed by atoms with E-state index in [2.05, 4.69) is 26.6 Å². The average molecular weight is 411 g/mol. The molecule has 5 nitrogen and oxygen atoms in total. The van der Waals surface area contributed by atoms with E-state index in [0.29, 0.717) is 12.1 Å². The van der Waals surface area contributed by atoms with Gasteiger partial charge in [-0.05, 0) is 61.2 Å². The van der Waals surface area contributed by atoms with Crippen LogP contribution in [-0.4, -0.2) is 29.9 Å². The van der Waals surface area contributed by atoms with Crippen LogP contribution in [0.5, 0.6) is 0 Å². The molecule has 1 unspecified atom stereocenters. The van der Waals surface area contributed by atoms with Crippen LogP contribution in [0.1, 0.15) is 22.5 Å². The zero-order valence-electron chi connectivity index (χ0n) is 13.5. The van der Waals surface area contributed by atoms with Gasteiger partial charge in [0, 0.05) is 10.2 Å². The van der Waals surface area contributed by atoms with E-state index in [4.69, 9.17) is 4.42 Å². The minimum Gasteiger partial charge on any atom is -0.459 e. The van der Waals surface area contributed by atoms with Gasteiger partial charge in [0.15, 0.2) is 5.76 Å². The first-order valence-electron chi connectivity index (χ1n) is 7.41. The van der Waals surface area contributed by atoms with Gasteiger partial charge in [-0.15, -0.1) is 0 Å². The normalized spacial score (nSPS) is 11.8. The van der Waals surface area contributed by atoms with Crippen molar-refractivity contribution in [1.82, 2.24) is 5.32 Å². The summed E-state index contributed by atoms with van der Waals surface area (Å²) in [7, 11) is 0. The van der Waals surface area contributed by atoms with Gasteiger partial charge in [0.05, 0.1) is 6.26 Å². The number of anilines is 1. The molecule has 0 fully saturated rings. The predicted octanol–water partition coefficient (Wildman–Crippen LogP) is 3.84. The molecule has 0 aliphatic carbocycles. The quantitative estimate of drug-likeness (QED) is 0.726. The number of benzene rings is 1. The van der Waals surface area contributed by atoms with Crippen molar-refractivity contribution in [3.05, 3.63) is 52.4 Å². The van der Waals surface area contributed by atoms with E-state index >= 15 is 0 Å². The molecule has 128 valence electrons. The van der Waals surface area contributed by atoms with E-state index in [-0.39, 0.29) is 11.7 Å². The van der Waals surface area contributed by atoms with Crippen LogP contribution >= 0.6 is 27.7 Å².